The highest BCUT2D eigenvalue weighted by Crippen LogP contribution is 2.44. The molecule has 3 rings (SSSR count). The van der Waals surface area contributed by atoms with Gasteiger partial charge in [0.1, 0.15) is 11.8 Å². The number of oxazole rings is 1. The van der Waals surface area contributed by atoms with E-state index < -0.39 is 5.54 Å². The Hall–Kier alpha value is -2.35. The second-order valence-corrected chi connectivity index (χ2v) is 8.63. The maximum Gasteiger partial charge on any atom is 0.277 e. The number of hydrogen-bond donors (Lipinski definition) is 2. The van der Waals surface area contributed by atoms with Crippen molar-refractivity contribution in [2.24, 2.45) is 10.7 Å². The molecule has 0 unspecified atom stereocenters. The monoisotopic (exact) mass is 359 g/mol. The maximum absolute atomic E-state index is 12.2. The number of pyridine rings is 1. The summed E-state index contributed by atoms with van der Waals surface area (Å²) >= 11 is 1.57. The average molecular weight is 359 g/mol. The number of nitrogens with one attached hydrogen (secondary N) is 1. The lowest BCUT2D eigenvalue weighted by Gasteiger charge is -2.38. The number of hydrogen-bond acceptors (Lipinski definition) is 7. The summed E-state index contributed by atoms with van der Waals surface area (Å²) in [4.78, 5) is 25.3. The first-order valence-corrected chi connectivity index (χ1v) is 8.73. The van der Waals surface area contributed by atoms with Crippen LogP contribution in [0.15, 0.2) is 34.0 Å². The molecule has 0 saturated heterocycles. The van der Waals surface area contributed by atoms with Crippen LogP contribution in [-0.2, 0) is 5.54 Å². The molecule has 0 fully saturated rings. The fourth-order valence-corrected chi connectivity index (χ4v) is 4.23. The minimum atomic E-state index is -0.538. The van der Waals surface area contributed by atoms with Crippen LogP contribution in [0, 0.1) is 6.92 Å². The molecule has 0 saturated carbocycles. The molecule has 2 aromatic rings. The van der Waals surface area contributed by atoms with Gasteiger partial charge in [0.2, 0.25) is 0 Å². The van der Waals surface area contributed by atoms with E-state index >= 15 is 0 Å². The van der Waals surface area contributed by atoms with Gasteiger partial charge < -0.3 is 15.5 Å². The lowest BCUT2D eigenvalue weighted by molar-refractivity contribution is 0.102. The Balaban J connectivity index is 1.86. The van der Waals surface area contributed by atoms with E-state index in [9.17, 15) is 4.79 Å². The summed E-state index contributed by atoms with van der Waals surface area (Å²) in [5, 5.41) is 3.36. The van der Waals surface area contributed by atoms with Gasteiger partial charge in [0.25, 0.3) is 5.91 Å². The molecule has 7 nitrogen and oxygen atoms in total. The molecule has 25 heavy (non-hydrogen) atoms. The average Bonchev–Trinajstić information content (AvgIpc) is 2.92. The Labute approximate surface area is 150 Å². The standard InChI is InChI=1S/C17H21N5O2S/c1-10-20-12(8-24-10)14(23)21-11-5-6-19-13(7-11)17(4)9-16(2,3)25-15(18)22-17/h5-8H,9H2,1-4H3,(H2,18,22)(H,19,21,23)/t17-/m0/s1. The van der Waals surface area contributed by atoms with Crippen LogP contribution in [-0.4, -0.2) is 25.8 Å². The third-order valence-corrected chi connectivity index (χ3v) is 4.93. The summed E-state index contributed by atoms with van der Waals surface area (Å²) in [6.45, 7) is 7.97. The van der Waals surface area contributed by atoms with Gasteiger partial charge in [0.05, 0.1) is 5.69 Å². The number of carbonyl (C=O) groups excluding carboxylic acids is 1. The second-order valence-electron chi connectivity index (χ2n) is 6.90. The SMILES string of the molecule is Cc1nc(C(=O)Nc2ccnc([C@]3(C)CC(C)(C)SC(N)=N3)c2)co1. The Morgan fingerprint density at radius 1 is 1.40 bits per heavy atom. The number of aromatic nitrogens is 2. The summed E-state index contributed by atoms with van der Waals surface area (Å²) in [5.41, 5.74) is 7.10. The number of amidine groups is 1. The molecule has 0 bridgehead atoms. The van der Waals surface area contributed by atoms with Crippen molar-refractivity contribution >= 4 is 28.5 Å². The molecule has 1 amide bonds. The predicted molar refractivity (Wildman–Crippen MR) is 98.7 cm³/mol. The Bertz CT molecular complexity index is 845. The summed E-state index contributed by atoms with van der Waals surface area (Å²) < 4.78 is 5.03. The molecule has 8 heteroatoms. The van der Waals surface area contributed by atoms with Gasteiger partial charge in [0, 0.05) is 23.6 Å². The van der Waals surface area contributed by atoms with Gasteiger partial charge in [-0.3, -0.25) is 9.78 Å². The molecule has 0 aromatic carbocycles. The third-order valence-electron chi connectivity index (χ3n) is 3.93. The minimum Gasteiger partial charge on any atom is -0.448 e. The molecule has 132 valence electrons. The van der Waals surface area contributed by atoms with E-state index in [2.05, 4.69) is 34.1 Å². The van der Waals surface area contributed by atoms with Gasteiger partial charge in [-0.25, -0.2) is 9.98 Å². The minimum absolute atomic E-state index is 0.0419. The first-order valence-electron chi connectivity index (χ1n) is 7.91. The fraction of sp³-hybridized carbons (Fsp3) is 0.412. The lowest BCUT2D eigenvalue weighted by atomic mass is 9.87. The van der Waals surface area contributed by atoms with E-state index in [-0.39, 0.29) is 16.3 Å². The smallest absolute Gasteiger partial charge is 0.277 e. The molecule has 2 aromatic heterocycles. The molecular weight excluding hydrogens is 338 g/mol. The Morgan fingerprint density at radius 3 is 2.80 bits per heavy atom. The van der Waals surface area contributed by atoms with Crippen LogP contribution in [0.25, 0.3) is 0 Å². The van der Waals surface area contributed by atoms with Gasteiger partial charge in [-0.15, -0.1) is 0 Å². The first-order chi connectivity index (χ1) is 11.7. The van der Waals surface area contributed by atoms with E-state index in [0.29, 0.717) is 16.7 Å². The summed E-state index contributed by atoms with van der Waals surface area (Å²) in [6, 6.07) is 3.56. The van der Waals surface area contributed by atoms with Crippen molar-refractivity contribution in [2.75, 3.05) is 5.32 Å². The maximum atomic E-state index is 12.2. The van der Waals surface area contributed by atoms with Crippen molar-refractivity contribution < 1.29 is 9.21 Å². The summed E-state index contributed by atoms with van der Waals surface area (Å²) in [6.07, 6.45) is 3.78. The van der Waals surface area contributed by atoms with Gasteiger partial charge in [-0.1, -0.05) is 25.6 Å². The molecule has 3 heterocycles. The summed E-state index contributed by atoms with van der Waals surface area (Å²) in [5.74, 6) is 0.113. The quantitative estimate of drug-likeness (QED) is 0.872. The van der Waals surface area contributed by atoms with E-state index in [4.69, 9.17) is 10.2 Å². The number of amides is 1. The Morgan fingerprint density at radius 2 is 2.16 bits per heavy atom. The zero-order valence-corrected chi connectivity index (χ0v) is 15.5. The largest absolute Gasteiger partial charge is 0.448 e. The van der Waals surface area contributed by atoms with E-state index in [1.54, 1.807) is 30.9 Å². The van der Waals surface area contributed by atoms with Crippen LogP contribution >= 0.6 is 11.8 Å². The zero-order valence-electron chi connectivity index (χ0n) is 14.7. The second kappa shape index (κ2) is 6.18. The van der Waals surface area contributed by atoms with Gasteiger partial charge in [-0.05, 0) is 25.5 Å². The highest BCUT2D eigenvalue weighted by molar-refractivity contribution is 8.15. The number of rotatable bonds is 3. The number of carbonyl (C=O) groups is 1. The third kappa shape index (κ3) is 3.84. The van der Waals surface area contributed by atoms with Crippen molar-refractivity contribution in [3.8, 4) is 0 Å². The Kier molecular flexibility index (Phi) is 4.32. The van der Waals surface area contributed by atoms with Gasteiger partial charge in [-0.2, -0.15) is 0 Å². The van der Waals surface area contributed by atoms with Gasteiger partial charge in [0.15, 0.2) is 16.8 Å². The van der Waals surface area contributed by atoms with Gasteiger partial charge >= 0.3 is 0 Å². The number of thioether (sulfide) groups is 1. The fourth-order valence-electron chi connectivity index (χ4n) is 3.07. The van der Waals surface area contributed by atoms with E-state index in [0.717, 1.165) is 12.1 Å². The first kappa shape index (κ1) is 17.5. The van der Waals surface area contributed by atoms with Crippen LogP contribution < -0.4 is 11.1 Å². The molecule has 3 N–H and O–H groups in total. The van der Waals surface area contributed by atoms with Crippen LogP contribution in [0.4, 0.5) is 5.69 Å². The normalized spacial score (nSPS) is 22.3. The molecule has 1 aliphatic rings. The van der Waals surface area contributed by atoms with Crippen LogP contribution in [0.3, 0.4) is 0 Å². The molecule has 0 aliphatic carbocycles. The zero-order chi connectivity index (χ0) is 18.2. The predicted octanol–water partition coefficient (Wildman–Crippen LogP) is 3.08. The van der Waals surface area contributed by atoms with Crippen molar-refractivity contribution in [2.45, 2.75) is 44.4 Å². The van der Waals surface area contributed by atoms with Crippen molar-refractivity contribution in [1.82, 2.24) is 9.97 Å². The number of aryl methyl sites for hydroxylation is 1. The lowest BCUT2D eigenvalue weighted by Crippen LogP contribution is -2.38. The van der Waals surface area contributed by atoms with Crippen molar-refractivity contribution in [3.05, 3.63) is 41.9 Å². The molecule has 1 atom stereocenters. The molecule has 0 radical (unpaired) electrons. The van der Waals surface area contributed by atoms with E-state index in [1.807, 2.05) is 13.0 Å². The molecular formula is C17H21N5O2S. The van der Waals surface area contributed by atoms with Crippen LogP contribution in [0.1, 0.15) is 49.3 Å². The molecule has 1 aliphatic heterocycles. The topological polar surface area (TPSA) is 106 Å². The van der Waals surface area contributed by atoms with E-state index in [1.165, 1.54) is 6.26 Å². The summed E-state index contributed by atoms with van der Waals surface area (Å²) in [7, 11) is 0. The van der Waals surface area contributed by atoms with Crippen molar-refractivity contribution in [1.29, 1.82) is 0 Å². The number of nitrogens with zero attached hydrogens (tertiary/aromatic N) is 3. The van der Waals surface area contributed by atoms with Crippen LogP contribution in [0.2, 0.25) is 0 Å². The highest BCUT2D eigenvalue weighted by atomic mass is 32.2. The van der Waals surface area contributed by atoms with Crippen molar-refractivity contribution in [3.63, 3.8) is 0 Å². The molecule has 0 spiro atoms. The number of nitrogens with two attached hydrogens (primary N) is 1. The number of aliphatic imine (C=N–C) groups is 1. The van der Waals surface area contributed by atoms with Crippen LogP contribution in [0.5, 0.6) is 0 Å². The highest BCUT2D eigenvalue weighted by Gasteiger charge is 2.40. The number of anilines is 1.